The lowest BCUT2D eigenvalue weighted by Gasteiger charge is -2.28. The predicted octanol–water partition coefficient (Wildman–Crippen LogP) is 4.04. The zero-order valence-corrected chi connectivity index (χ0v) is 19.6. The summed E-state index contributed by atoms with van der Waals surface area (Å²) in [5.41, 5.74) is 4.48. The van der Waals surface area contributed by atoms with Crippen molar-refractivity contribution in [2.75, 3.05) is 29.6 Å². The summed E-state index contributed by atoms with van der Waals surface area (Å²) in [6.07, 6.45) is 3.24. The summed E-state index contributed by atoms with van der Waals surface area (Å²) < 4.78 is 1.72. The highest BCUT2D eigenvalue weighted by Gasteiger charge is 2.34. The highest BCUT2D eigenvalue weighted by atomic mass is 16.3. The fraction of sp³-hybridized carbons (Fsp3) is 0.154. The number of benzene rings is 2. The van der Waals surface area contributed by atoms with Gasteiger partial charge >= 0.3 is 0 Å². The molecular weight excluding hydrogens is 442 g/mol. The van der Waals surface area contributed by atoms with Gasteiger partial charge in [0.25, 0.3) is 5.91 Å². The second-order valence-electron chi connectivity index (χ2n) is 8.50. The number of phenolic OH excluding ortho intramolecular Hbond substituents is 1. The van der Waals surface area contributed by atoms with E-state index in [1.165, 1.54) is 0 Å². The Morgan fingerprint density at radius 3 is 2.49 bits per heavy atom. The first kappa shape index (κ1) is 22.1. The zero-order chi connectivity index (χ0) is 24.5. The molecule has 3 N–H and O–H groups in total. The van der Waals surface area contributed by atoms with Crippen molar-refractivity contribution in [3.63, 3.8) is 0 Å². The monoisotopic (exact) mass is 467 g/mol. The maximum atomic E-state index is 13.5. The van der Waals surface area contributed by atoms with Gasteiger partial charge in [-0.1, -0.05) is 12.1 Å². The minimum absolute atomic E-state index is 0.144. The van der Waals surface area contributed by atoms with Gasteiger partial charge in [-0.25, -0.2) is 4.68 Å². The Balaban J connectivity index is 1.57. The summed E-state index contributed by atoms with van der Waals surface area (Å²) >= 11 is 0. The van der Waals surface area contributed by atoms with Crippen LogP contribution in [0.15, 0.2) is 84.3 Å². The number of aromatic nitrogens is 4. The van der Waals surface area contributed by atoms with Crippen LogP contribution in [0.5, 0.6) is 5.75 Å². The molecule has 0 spiro atoms. The number of hydrogen-bond donors (Lipinski definition) is 3. The molecule has 1 aliphatic rings. The number of carbonyl (C=O) groups is 1. The Morgan fingerprint density at radius 2 is 1.83 bits per heavy atom. The maximum Gasteiger partial charge on any atom is 0.255 e. The fourth-order valence-electron chi connectivity index (χ4n) is 4.08. The van der Waals surface area contributed by atoms with E-state index < -0.39 is 6.04 Å². The molecule has 9 nitrogen and oxygen atoms in total. The number of nitrogens with zero attached hydrogens (tertiary/aromatic N) is 5. The first-order valence-corrected chi connectivity index (χ1v) is 11.1. The lowest BCUT2D eigenvalue weighted by Crippen LogP contribution is -2.31. The van der Waals surface area contributed by atoms with Crippen LogP contribution in [-0.2, 0) is 4.79 Å². The average Bonchev–Trinajstić information content (AvgIpc) is 3.28. The fourth-order valence-corrected chi connectivity index (χ4v) is 4.08. The van der Waals surface area contributed by atoms with Crippen molar-refractivity contribution in [1.82, 2.24) is 19.7 Å². The molecule has 5 rings (SSSR count). The highest BCUT2D eigenvalue weighted by Crippen LogP contribution is 2.37. The molecule has 9 heteroatoms. The van der Waals surface area contributed by atoms with Crippen molar-refractivity contribution in [3.8, 4) is 17.1 Å². The van der Waals surface area contributed by atoms with Gasteiger partial charge in [-0.15, -0.1) is 5.10 Å². The van der Waals surface area contributed by atoms with Crippen LogP contribution in [0.1, 0.15) is 18.5 Å². The van der Waals surface area contributed by atoms with Crippen LogP contribution in [0.3, 0.4) is 0 Å². The summed E-state index contributed by atoms with van der Waals surface area (Å²) in [6, 6.07) is 17.7. The molecule has 2 aromatic carbocycles. The molecule has 0 aliphatic carbocycles. The average molecular weight is 468 g/mol. The van der Waals surface area contributed by atoms with Crippen LogP contribution in [-0.4, -0.2) is 44.9 Å². The second-order valence-corrected chi connectivity index (χ2v) is 8.50. The standard InChI is InChI=1S/C26H25N7O2/c1-16-22(25(35)29-19-5-4-14-27-15-19)23(17-8-12-21(34)13-9-17)33-26(28-16)30-24(31-33)18-6-10-20(11-7-18)32(2)3/h4-15,23,34H,1-3H3,(H,29,35)(H,28,30,31). The topological polar surface area (TPSA) is 108 Å². The van der Waals surface area contributed by atoms with E-state index in [2.05, 4.69) is 15.6 Å². The Morgan fingerprint density at radius 1 is 1.09 bits per heavy atom. The van der Waals surface area contributed by atoms with Crippen molar-refractivity contribution >= 4 is 23.2 Å². The number of rotatable bonds is 5. The number of phenols is 1. The van der Waals surface area contributed by atoms with E-state index >= 15 is 0 Å². The van der Waals surface area contributed by atoms with Crippen LogP contribution in [0.2, 0.25) is 0 Å². The van der Waals surface area contributed by atoms with Crippen molar-refractivity contribution in [2.24, 2.45) is 0 Å². The summed E-state index contributed by atoms with van der Waals surface area (Å²) in [6.45, 7) is 1.84. The molecule has 0 saturated heterocycles. The van der Waals surface area contributed by atoms with Crippen LogP contribution in [0.25, 0.3) is 11.4 Å². The number of anilines is 3. The predicted molar refractivity (Wildman–Crippen MR) is 135 cm³/mol. The van der Waals surface area contributed by atoms with Gasteiger partial charge in [-0.3, -0.25) is 9.78 Å². The van der Waals surface area contributed by atoms with Crippen molar-refractivity contribution in [1.29, 1.82) is 0 Å². The number of nitrogens with one attached hydrogen (secondary N) is 2. The first-order chi connectivity index (χ1) is 16.9. The summed E-state index contributed by atoms with van der Waals surface area (Å²) in [4.78, 5) is 24.3. The van der Waals surface area contributed by atoms with Gasteiger partial charge in [0.15, 0.2) is 5.82 Å². The van der Waals surface area contributed by atoms with Gasteiger partial charge < -0.3 is 20.6 Å². The lowest BCUT2D eigenvalue weighted by molar-refractivity contribution is -0.113. The van der Waals surface area contributed by atoms with Gasteiger partial charge in [-0.2, -0.15) is 4.98 Å². The Bertz CT molecular complexity index is 1390. The van der Waals surface area contributed by atoms with Gasteiger partial charge in [0.05, 0.1) is 17.5 Å². The quantitative estimate of drug-likeness (QED) is 0.407. The normalized spacial score (nSPS) is 14.8. The third-order valence-corrected chi connectivity index (χ3v) is 5.87. The molecule has 0 radical (unpaired) electrons. The van der Waals surface area contributed by atoms with E-state index in [9.17, 15) is 9.90 Å². The van der Waals surface area contributed by atoms with E-state index in [-0.39, 0.29) is 11.7 Å². The molecule has 1 unspecified atom stereocenters. The second kappa shape index (κ2) is 8.94. The molecule has 1 amide bonds. The van der Waals surface area contributed by atoms with Crippen molar-refractivity contribution in [3.05, 3.63) is 89.9 Å². The molecule has 1 atom stereocenters. The van der Waals surface area contributed by atoms with Crippen molar-refractivity contribution < 1.29 is 9.90 Å². The third kappa shape index (κ3) is 4.31. The first-order valence-electron chi connectivity index (χ1n) is 11.1. The lowest BCUT2D eigenvalue weighted by atomic mass is 9.95. The van der Waals surface area contributed by atoms with Crippen LogP contribution in [0.4, 0.5) is 17.3 Å². The maximum absolute atomic E-state index is 13.5. The van der Waals surface area contributed by atoms with E-state index in [0.717, 1.165) is 16.8 Å². The Hall–Kier alpha value is -4.66. The van der Waals surface area contributed by atoms with E-state index in [0.29, 0.717) is 28.7 Å². The van der Waals surface area contributed by atoms with Crippen LogP contribution < -0.4 is 15.5 Å². The molecule has 1 aliphatic heterocycles. The summed E-state index contributed by atoms with van der Waals surface area (Å²) in [5.74, 6) is 0.942. The molecule has 2 aromatic heterocycles. The van der Waals surface area contributed by atoms with Gasteiger partial charge in [-0.05, 0) is 61.0 Å². The Labute approximate surface area is 202 Å². The zero-order valence-electron chi connectivity index (χ0n) is 19.6. The SMILES string of the molecule is CC1=C(C(=O)Nc2cccnc2)C(c2ccc(O)cc2)n2nc(-c3ccc(N(C)C)cc3)nc2N1. The highest BCUT2D eigenvalue weighted by molar-refractivity contribution is 6.05. The van der Waals surface area contributed by atoms with Crippen LogP contribution >= 0.6 is 0 Å². The van der Waals surface area contributed by atoms with E-state index in [4.69, 9.17) is 10.1 Å². The number of amides is 1. The number of pyridine rings is 1. The smallest absolute Gasteiger partial charge is 0.255 e. The molecule has 4 aromatic rings. The summed E-state index contributed by atoms with van der Waals surface area (Å²) in [5, 5.41) is 20.8. The van der Waals surface area contributed by atoms with Gasteiger partial charge in [0.1, 0.15) is 11.8 Å². The van der Waals surface area contributed by atoms with Crippen molar-refractivity contribution in [2.45, 2.75) is 13.0 Å². The largest absolute Gasteiger partial charge is 0.508 e. The molecule has 0 fully saturated rings. The number of hydrogen-bond acceptors (Lipinski definition) is 7. The number of allylic oxidation sites excluding steroid dienone is 1. The molecule has 0 saturated carbocycles. The molecule has 35 heavy (non-hydrogen) atoms. The molecule has 176 valence electrons. The molecular formula is C26H25N7O2. The Kier molecular flexibility index (Phi) is 5.66. The number of carbonyl (C=O) groups excluding carboxylic acids is 1. The minimum atomic E-state index is -0.550. The number of fused-ring (bicyclic) bond motifs is 1. The number of aromatic hydroxyl groups is 1. The van der Waals surface area contributed by atoms with E-state index in [1.807, 2.05) is 50.2 Å². The third-order valence-electron chi connectivity index (χ3n) is 5.87. The van der Waals surface area contributed by atoms with E-state index in [1.54, 1.807) is 53.5 Å². The molecule has 3 heterocycles. The van der Waals surface area contributed by atoms with Gasteiger partial charge in [0, 0.05) is 37.2 Å². The summed E-state index contributed by atoms with van der Waals surface area (Å²) in [7, 11) is 3.97. The minimum Gasteiger partial charge on any atom is -0.508 e. The van der Waals surface area contributed by atoms with Gasteiger partial charge in [0.2, 0.25) is 5.95 Å². The molecule has 0 bridgehead atoms. The van der Waals surface area contributed by atoms with Crippen LogP contribution in [0, 0.1) is 0 Å².